The van der Waals surface area contributed by atoms with Gasteiger partial charge in [-0.2, -0.15) is 4.98 Å². The number of anilines is 1. The molecule has 8 heteroatoms. The van der Waals surface area contributed by atoms with Crippen LogP contribution in [0.4, 0.5) is 5.82 Å². The lowest BCUT2D eigenvalue weighted by Crippen LogP contribution is -2.42. The Kier molecular flexibility index (Phi) is 7.02. The SMILES string of the molecule is COc1nccc(N2CCC(CC(=O)NCCN3CCOCC3)CC2)n1. The Labute approximate surface area is 154 Å². The van der Waals surface area contributed by atoms with E-state index in [-0.39, 0.29) is 5.91 Å². The molecule has 2 fully saturated rings. The Hall–Kier alpha value is -1.93. The second kappa shape index (κ2) is 9.68. The topological polar surface area (TPSA) is 79.8 Å². The second-order valence-corrected chi connectivity index (χ2v) is 6.84. The van der Waals surface area contributed by atoms with E-state index in [1.807, 2.05) is 6.07 Å². The highest BCUT2D eigenvalue weighted by Crippen LogP contribution is 2.24. The molecule has 1 N–H and O–H groups in total. The smallest absolute Gasteiger partial charge is 0.318 e. The second-order valence-electron chi connectivity index (χ2n) is 6.84. The first-order valence-corrected chi connectivity index (χ1v) is 9.43. The van der Waals surface area contributed by atoms with Crippen molar-refractivity contribution in [1.29, 1.82) is 0 Å². The van der Waals surface area contributed by atoms with Crippen LogP contribution in [0.1, 0.15) is 19.3 Å². The Morgan fingerprint density at radius 1 is 1.31 bits per heavy atom. The molecule has 8 nitrogen and oxygen atoms in total. The van der Waals surface area contributed by atoms with E-state index in [1.165, 1.54) is 0 Å². The zero-order valence-corrected chi connectivity index (χ0v) is 15.5. The average molecular weight is 363 g/mol. The molecular weight excluding hydrogens is 334 g/mol. The lowest BCUT2D eigenvalue weighted by molar-refractivity contribution is -0.122. The minimum atomic E-state index is 0.167. The van der Waals surface area contributed by atoms with Crippen LogP contribution in [0.25, 0.3) is 0 Å². The summed E-state index contributed by atoms with van der Waals surface area (Å²) in [5, 5.41) is 3.06. The highest BCUT2D eigenvalue weighted by Gasteiger charge is 2.22. The third kappa shape index (κ3) is 5.54. The molecule has 0 atom stereocenters. The van der Waals surface area contributed by atoms with Crippen molar-refractivity contribution < 1.29 is 14.3 Å². The van der Waals surface area contributed by atoms with Crippen molar-refractivity contribution in [2.75, 3.05) is 64.5 Å². The summed E-state index contributed by atoms with van der Waals surface area (Å²) >= 11 is 0. The number of methoxy groups -OCH3 is 1. The number of nitrogens with zero attached hydrogens (tertiary/aromatic N) is 4. The van der Waals surface area contributed by atoms with E-state index in [2.05, 4.69) is 25.1 Å². The third-order valence-corrected chi connectivity index (χ3v) is 5.07. The molecule has 3 rings (SSSR count). The number of rotatable bonds is 7. The maximum Gasteiger partial charge on any atom is 0.318 e. The van der Waals surface area contributed by atoms with Crippen LogP contribution in [-0.4, -0.2) is 80.4 Å². The number of nitrogens with one attached hydrogen (secondary N) is 1. The minimum absolute atomic E-state index is 0.167. The van der Waals surface area contributed by atoms with Crippen LogP contribution in [0.2, 0.25) is 0 Å². The van der Waals surface area contributed by atoms with Crippen molar-refractivity contribution >= 4 is 11.7 Å². The van der Waals surface area contributed by atoms with Gasteiger partial charge >= 0.3 is 6.01 Å². The van der Waals surface area contributed by atoms with E-state index >= 15 is 0 Å². The summed E-state index contributed by atoms with van der Waals surface area (Å²) in [7, 11) is 1.57. The van der Waals surface area contributed by atoms with Crippen LogP contribution >= 0.6 is 0 Å². The molecule has 1 aromatic rings. The van der Waals surface area contributed by atoms with Crippen molar-refractivity contribution in [1.82, 2.24) is 20.2 Å². The fourth-order valence-electron chi connectivity index (χ4n) is 3.49. The molecular formula is C18H29N5O3. The molecule has 0 bridgehead atoms. The summed E-state index contributed by atoms with van der Waals surface area (Å²) in [5.41, 5.74) is 0. The number of hydrogen-bond acceptors (Lipinski definition) is 7. The van der Waals surface area contributed by atoms with Crippen molar-refractivity contribution in [3.8, 4) is 6.01 Å². The van der Waals surface area contributed by atoms with Gasteiger partial charge in [0.25, 0.3) is 0 Å². The Morgan fingerprint density at radius 2 is 2.08 bits per heavy atom. The Bertz CT molecular complexity index is 572. The van der Waals surface area contributed by atoms with E-state index in [0.29, 0.717) is 18.3 Å². The van der Waals surface area contributed by atoms with Gasteiger partial charge in [-0.25, -0.2) is 4.98 Å². The molecule has 144 valence electrons. The molecule has 1 aromatic heterocycles. The van der Waals surface area contributed by atoms with E-state index < -0.39 is 0 Å². The zero-order chi connectivity index (χ0) is 18.2. The van der Waals surface area contributed by atoms with Gasteiger partial charge in [-0.05, 0) is 24.8 Å². The number of carbonyl (C=O) groups excluding carboxylic acids is 1. The molecule has 3 heterocycles. The average Bonchev–Trinajstić information content (AvgIpc) is 2.69. The number of ether oxygens (including phenoxy) is 2. The predicted octanol–water partition coefficient (Wildman–Crippen LogP) is 0.540. The highest BCUT2D eigenvalue weighted by molar-refractivity contribution is 5.76. The molecule has 2 saturated heterocycles. The largest absolute Gasteiger partial charge is 0.467 e. The molecule has 0 radical (unpaired) electrons. The molecule has 1 amide bonds. The van der Waals surface area contributed by atoms with Gasteiger partial charge in [-0.1, -0.05) is 0 Å². The Morgan fingerprint density at radius 3 is 2.81 bits per heavy atom. The molecule has 0 spiro atoms. The van der Waals surface area contributed by atoms with Gasteiger partial charge in [-0.3, -0.25) is 9.69 Å². The van der Waals surface area contributed by atoms with Crippen LogP contribution in [0.3, 0.4) is 0 Å². The van der Waals surface area contributed by atoms with Crippen LogP contribution in [0.15, 0.2) is 12.3 Å². The summed E-state index contributed by atoms with van der Waals surface area (Å²) in [6.07, 6.45) is 4.34. The fourth-order valence-corrected chi connectivity index (χ4v) is 3.49. The zero-order valence-electron chi connectivity index (χ0n) is 15.5. The summed E-state index contributed by atoms with van der Waals surface area (Å²) in [5.74, 6) is 1.50. The maximum atomic E-state index is 12.2. The first-order valence-electron chi connectivity index (χ1n) is 9.43. The summed E-state index contributed by atoms with van der Waals surface area (Å²) in [6, 6.07) is 2.30. The van der Waals surface area contributed by atoms with Crippen LogP contribution < -0.4 is 15.0 Å². The predicted molar refractivity (Wildman–Crippen MR) is 98.4 cm³/mol. The molecule has 0 aromatic carbocycles. The van der Waals surface area contributed by atoms with Gasteiger partial charge in [-0.15, -0.1) is 0 Å². The molecule has 26 heavy (non-hydrogen) atoms. The number of piperidine rings is 1. The number of aromatic nitrogens is 2. The summed E-state index contributed by atoms with van der Waals surface area (Å²) in [6.45, 7) is 6.96. The minimum Gasteiger partial charge on any atom is -0.467 e. The molecule has 0 aliphatic carbocycles. The molecule has 0 saturated carbocycles. The first-order chi connectivity index (χ1) is 12.7. The third-order valence-electron chi connectivity index (χ3n) is 5.07. The van der Waals surface area contributed by atoms with Gasteiger partial charge in [0, 0.05) is 51.9 Å². The van der Waals surface area contributed by atoms with Gasteiger partial charge in [0.05, 0.1) is 20.3 Å². The van der Waals surface area contributed by atoms with Crippen LogP contribution in [-0.2, 0) is 9.53 Å². The van der Waals surface area contributed by atoms with E-state index in [4.69, 9.17) is 9.47 Å². The standard InChI is InChI=1S/C18H29N5O3/c1-25-18-20-5-2-16(21-18)23-7-3-15(4-8-23)14-17(24)19-6-9-22-10-12-26-13-11-22/h2,5,15H,3-4,6-14H2,1H3,(H,19,24). The van der Waals surface area contributed by atoms with E-state index in [1.54, 1.807) is 13.3 Å². The summed E-state index contributed by atoms with van der Waals surface area (Å²) < 4.78 is 10.4. The monoisotopic (exact) mass is 363 g/mol. The van der Waals surface area contributed by atoms with Gasteiger partial charge in [0.1, 0.15) is 5.82 Å². The first kappa shape index (κ1) is 18.8. The fraction of sp³-hybridized carbons (Fsp3) is 0.722. The van der Waals surface area contributed by atoms with Gasteiger partial charge < -0.3 is 19.7 Å². The number of hydrogen-bond donors (Lipinski definition) is 1. The van der Waals surface area contributed by atoms with E-state index in [0.717, 1.165) is 71.1 Å². The van der Waals surface area contributed by atoms with Gasteiger partial charge in [0.15, 0.2) is 0 Å². The van der Waals surface area contributed by atoms with Crippen molar-refractivity contribution in [3.05, 3.63) is 12.3 Å². The molecule has 0 unspecified atom stereocenters. The lowest BCUT2D eigenvalue weighted by atomic mass is 9.93. The van der Waals surface area contributed by atoms with Crippen molar-refractivity contribution in [2.24, 2.45) is 5.92 Å². The van der Waals surface area contributed by atoms with Crippen molar-refractivity contribution in [3.63, 3.8) is 0 Å². The molecule has 2 aliphatic rings. The molecule has 2 aliphatic heterocycles. The number of carbonyl (C=O) groups is 1. The highest BCUT2D eigenvalue weighted by atomic mass is 16.5. The van der Waals surface area contributed by atoms with Gasteiger partial charge in [0.2, 0.25) is 5.91 Å². The van der Waals surface area contributed by atoms with E-state index in [9.17, 15) is 4.79 Å². The van der Waals surface area contributed by atoms with Crippen LogP contribution in [0, 0.1) is 5.92 Å². The number of morpholine rings is 1. The normalized spacial score (nSPS) is 19.3. The van der Waals surface area contributed by atoms with Crippen molar-refractivity contribution in [2.45, 2.75) is 19.3 Å². The maximum absolute atomic E-state index is 12.2. The number of amides is 1. The quantitative estimate of drug-likeness (QED) is 0.757. The van der Waals surface area contributed by atoms with Crippen LogP contribution in [0.5, 0.6) is 6.01 Å². The lowest BCUT2D eigenvalue weighted by Gasteiger charge is -2.32. The Balaban J connectivity index is 1.34. The summed E-state index contributed by atoms with van der Waals surface area (Å²) in [4.78, 5) is 25.2.